The average Bonchev–Trinajstić information content (AvgIpc) is 2.67. The van der Waals surface area contributed by atoms with Gasteiger partial charge >= 0.3 is 11.3 Å². The number of benzene rings is 2. The van der Waals surface area contributed by atoms with Gasteiger partial charge in [0.2, 0.25) is 0 Å². The smallest absolute Gasteiger partial charge is 0.337 e. The van der Waals surface area contributed by atoms with Crippen LogP contribution in [0.4, 0.5) is 10.5 Å². The number of amides is 1. The highest BCUT2D eigenvalue weighted by Gasteiger charge is 2.19. The zero-order valence-electron chi connectivity index (χ0n) is 14.1. The Hall–Kier alpha value is -2.37. The van der Waals surface area contributed by atoms with E-state index in [2.05, 4.69) is 4.74 Å². The van der Waals surface area contributed by atoms with Crippen LogP contribution in [-0.2, 0) is 11.2 Å². The van der Waals surface area contributed by atoms with Gasteiger partial charge in [0.25, 0.3) is 5.24 Å². The number of hydrogen-bond donors (Lipinski definition) is 0. The topological polar surface area (TPSA) is 63.7 Å². The number of nitrogens with zero attached hydrogens (tertiary/aromatic N) is 1. The number of rotatable bonds is 2. The summed E-state index contributed by atoms with van der Waals surface area (Å²) in [5.41, 5.74) is 2.93. The average molecular weight is 394 g/mol. The Labute approximate surface area is 161 Å². The molecule has 0 unspecified atom stereocenters. The number of methoxy groups -OCH3 is 1. The zero-order chi connectivity index (χ0) is 19.1. The summed E-state index contributed by atoms with van der Waals surface area (Å²) in [6, 6.07) is 13.8. The minimum absolute atomic E-state index is 0.356. The summed E-state index contributed by atoms with van der Waals surface area (Å²) < 4.78 is 4.48. The molecule has 0 radical (unpaired) electrons. The SMILES string of the molecule is COC(=O)c1ccc(C(=O)Cl)cc1.O=C(Cl)N1CCCc2ccccc21. The van der Waals surface area contributed by atoms with E-state index >= 15 is 0 Å². The fourth-order valence-corrected chi connectivity index (χ4v) is 2.87. The van der Waals surface area contributed by atoms with Gasteiger partial charge in [-0.15, -0.1) is 0 Å². The lowest BCUT2D eigenvalue weighted by Crippen LogP contribution is -2.31. The normalized spacial score (nSPS) is 12.3. The van der Waals surface area contributed by atoms with Crippen LogP contribution in [0.3, 0.4) is 0 Å². The molecule has 1 aliphatic rings. The zero-order valence-corrected chi connectivity index (χ0v) is 15.6. The van der Waals surface area contributed by atoms with Gasteiger partial charge in [0.1, 0.15) is 0 Å². The maximum atomic E-state index is 11.1. The summed E-state index contributed by atoms with van der Waals surface area (Å²) in [5.74, 6) is -0.437. The van der Waals surface area contributed by atoms with Crippen molar-refractivity contribution < 1.29 is 19.1 Å². The highest BCUT2D eigenvalue weighted by molar-refractivity contribution is 6.67. The fraction of sp³-hybridized carbons (Fsp3) is 0.211. The van der Waals surface area contributed by atoms with E-state index in [0.717, 1.165) is 25.1 Å². The third kappa shape index (κ3) is 5.07. The molecule has 0 aliphatic carbocycles. The summed E-state index contributed by atoms with van der Waals surface area (Å²) in [6.45, 7) is 0.735. The van der Waals surface area contributed by atoms with E-state index < -0.39 is 11.2 Å². The van der Waals surface area contributed by atoms with Crippen molar-refractivity contribution in [2.75, 3.05) is 18.6 Å². The van der Waals surface area contributed by atoms with Crippen molar-refractivity contribution >= 4 is 45.5 Å². The third-order valence-corrected chi connectivity index (χ3v) is 4.28. The maximum Gasteiger partial charge on any atom is 0.337 e. The number of para-hydroxylation sites is 1. The lowest BCUT2D eigenvalue weighted by atomic mass is 10.0. The van der Waals surface area contributed by atoms with E-state index in [0.29, 0.717) is 11.1 Å². The summed E-state index contributed by atoms with van der Waals surface area (Å²) in [6.07, 6.45) is 2.03. The lowest BCUT2D eigenvalue weighted by Gasteiger charge is -2.27. The molecule has 0 spiro atoms. The summed E-state index contributed by atoms with van der Waals surface area (Å²) in [4.78, 5) is 34.3. The van der Waals surface area contributed by atoms with Gasteiger partial charge in [-0.3, -0.25) is 14.5 Å². The molecule has 136 valence electrons. The molecule has 1 aliphatic heterocycles. The van der Waals surface area contributed by atoms with Crippen LogP contribution in [0.1, 0.15) is 32.7 Å². The van der Waals surface area contributed by atoms with Crippen molar-refractivity contribution in [3.8, 4) is 0 Å². The molecule has 2 aromatic carbocycles. The first kappa shape index (κ1) is 19.9. The van der Waals surface area contributed by atoms with E-state index in [9.17, 15) is 14.4 Å². The second-order valence-electron chi connectivity index (χ2n) is 5.48. The minimum atomic E-state index is -0.545. The molecule has 26 heavy (non-hydrogen) atoms. The van der Waals surface area contributed by atoms with Gasteiger partial charge in [0, 0.05) is 17.8 Å². The molecule has 5 nitrogen and oxygen atoms in total. The molecule has 0 bridgehead atoms. The summed E-state index contributed by atoms with van der Waals surface area (Å²) >= 11 is 10.7. The standard InChI is InChI=1S/C10H10ClNO.C9H7ClO3/c11-10(13)12-7-3-5-8-4-1-2-6-9(8)12;1-13-9(12)7-4-2-6(3-5-7)8(10)11/h1-2,4,6H,3,5,7H2;2-5H,1H3. The highest BCUT2D eigenvalue weighted by Crippen LogP contribution is 2.27. The van der Waals surface area contributed by atoms with Crippen LogP contribution in [0.25, 0.3) is 0 Å². The quantitative estimate of drug-likeness (QED) is 0.423. The second kappa shape index (κ2) is 9.36. The number of carbonyl (C=O) groups excluding carboxylic acids is 3. The first-order valence-corrected chi connectivity index (χ1v) is 8.62. The Kier molecular flexibility index (Phi) is 7.18. The molecule has 2 aromatic rings. The number of ether oxygens (including phenoxy) is 1. The number of esters is 1. The maximum absolute atomic E-state index is 11.1. The van der Waals surface area contributed by atoms with Crippen molar-refractivity contribution in [2.45, 2.75) is 12.8 Å². The Morgan fingerprint density at radius 2 is 1.58 bits per heavy atom. The Morgan fingerprint density at radius 1 is 0.962 bits per heavy atom. The van der Waals surface area contributed by atoms with Crippen LogP contribution in [-0.4, -0.2) is 30.2 Å². The van der Waals surface area contributed by atoms with Crippen LogP contribution >= 0.6 is 23.2 Å². The summed E-state index contributed by atoms with van der Waals surface area (Å²) in [5, 5.41) is -0.927. The van der Waals surface area contributed by atoms with Gasteiger partial charge in [0.05, 0.1) is 12.7 Å². The van der Waals surface area contributed by atoms with Gasteiger partial charge < -0.3 is 4.74 Å². The molecule has 0 saturated heterocycles. The first-order valence-electron chi connectivity index (χ1n) is 7.87. The van der Waals surface area contributed by atoms with Gasteiger partial charge in [-0.1, -0.05) is 18.2 Å². The molecule has 0 fully saturated rings. The monoisotopic (exact) mass is 393 g/mol. The molecule has 0 saturated carbocycles. The largest absolute Gasteiger partial charge is 0.465 e. The summed E-state index contributed by atoms with van der Waals surface area (Å²) in [7, 11) is 1.29. The van der Waals surface area contributed by atoms with Crippen LogP contribution < -0.4 is 4.90 Å². The van der Waals surface area contributed by atoms with E-state index in [4.69, 9.17) is 23.2 Å². The number of hydrogen-bond acceptors (Lipinski definition) is 4. The minimum Gasteiger partial charge on any atom is -0.465 e. The van der Waals surface area contributed by atoms with Gasteiger partial charge in [-0.2, -0.15) is 0 Å². The number of halogens is 2. The molecule has 1 heterocycles. The van der Waals surface area contributed by atoms with Crippen LogP contribution in [0.5, 0.6) is 0 Å². The number of anilines is 1. The Balaban J connectivity index is 0.000000187. The van der Waals surface area contributed by atoms with Crippen molar-refractivity contribution in [2.24, 2.45) is 0 Å². The lowest BCUT2D eigenvalue weighted by molar-refractivity contribution is 0.0600. The number of carbonyl (C=O) groups is 3. The van der Waals surface area contributed by atoms with Gasteiger partial charge in [0.15, 0.2) is 0 Å². The van der Waals surface area contributed by atoms with E-state index in [1.807, 2.05) is 24.3 Å². The van der Waals surface area contributed by atoms with Crippen LogP contribution in [0, 0.1) is 0 Å². The molecule has 0 atom stereocenters. The van der Waals surface area contributed by atoms with E-state index in [-0.39, 0.29) is 5.37 Å². The Bertz CT molecular complexity index is 805. The Morgan fingerprint density at radius 3 is 2.15 bits per heavy atom. The van der Waals surface area contributed by atoms with E-state index in [1.165, 1.54) is 36.9 Å². The van der Waals surface area contributed by atoms with E-state index in [1.54, 1.807) is 4.90 Å². The molecule has 1 amide bonds. The second-order valence-corrected chi connectivity index (χ2v) is 6.15. The van der Waals surface area contributed by atoms with Crippen molar-refractivity contribution in [3.63, 3.8) is 0 Å². The number of aryl methyl sites for hydroxylation is 1. The molecule has 3 rings (SSSR count). The van der Waals surface area contributed by atoms with Gasteiger partial charge in [-0.25, -0.2) is 4.79 Å². The van der Waals surface area contributed by atoms with Crippen LogP contribution in [0.2, 0.25) is 0 Å². The molecule has 7 heteroatoms. The molecule has 0 N–H and O–H groups in total. The van der Waals surface area contributed by atoms with Crippen molar-refractivity contribution in [3.05, 3.63) is 65.2 Å². The van der Waals surface area contributed by atoms with Crippen molar-refractivity contribution in [1.82, 2.24) is 0 Å². The number of fused-ring (bicyclic) bond motifs is 1. The molecule has 0 aromatic heterocycles. The molecular formula is C19H17Cl2NO4. The van der Waals surface area contributed by atoms with Gasteiger partial charge in [-0.05, 0) is 71.9 Å². The first-order chi connectivity index (χ1) is 12.4. The molecular weight excluding hydrogens is 377 g/mol. The van der Waals surface area contributed by atoms with Crippen molar-refractivity contribution in [1.29, 1.82) is 0 Å². The van der Waals surface area contributed by atoms with Crippen LogP contribution in [0.15, 0.2) is 48.5 Å². The predicted molar refractivity (Wildman–Crippen MR) is 101 cm³/mol. The third-order valence-electron chi connectivity index (χ3n) is 3.86. The predicted octanol–water partition coefficient (Wildman–Crippen LogP) is 4.65. The fourth-order valence-electron chi connectivity index (χ4n) is 2.57. The highest BCUT2D eigenvalue weighted by atomic mass is 35.5.